The van der Waals surface area contributed by atoms with Gasteiger partial charge in [-0.25, -0.2) is 0 Å². The number of hydrogen-bond acceptors (Lipinski definition) is 4. The molecule has 2 fully saturated rings. The first-order valence-electron chi connectivity index (χ1n) is 7.55. The average molecular weight is 284 g/mol. The van der Waals surface area contributed by atoms with Crippen molar-refractivity contribution in [1.29, 1.82) is 0 Å². The Morgan fingerprint density at radius 2 is 2.10 bits per heavy atom. The topological polar surface area (TPSA) is 72.8 Å². The molecule has 114 valence electrons. The van der Waals surface area contributed by atoms with Crippen molar-refractivity contribution < 1.29 is 24.2 Å². The summed E-state index contributed by atoms with van der Waals surface area (Å²) in [6, 6.07) is 0. The summed E-state index contributed by atoms with van der Waals surface area (Å²) < 4.78 is 10.9. The zero-order chi connectivity index (χ0) is 14.8. The van der Waals surface area contributed by atoms with Crippen LogP contribution in [-0.2, 0) is 19.1 Å². The molecule has 2 rings (SSSR count). The fourth-order valence-electron chi connectivity index (χ4n) is 3.64. The fraction of sp³-hybridized carbons (Fsp3) is 0.867. The predicted octanol–water partition coefficient (Wildman–Crippen LogP) is 2.38. The van der Waals surface area contributed by atoms with Gasteiger partial charge in [-0.2, -0.15) is 0 Å². The third kappa shape index (κ3) is 2.32. The maximum absolute atomic E-state index is 12.3. The predicted molar refractivity (Wildman–Crippen MR) is 72.3 cm³/mol. The van der Waals surface area contributed by atoms with Crippen LogP contribution in [0, 0.1) is 11.3 Å². The first-order chi connectivity index (χ1) is 9.50. The van der Waals surface area contributed by atoms with E-state index in [9.17, 15) is 14.7 Å². The van der Waals surface area contributed by atoms with Gasteiger partial charge >= 0.3 is 11.9 Å². The molecule has 1 saturated heterocycles. The lowest BCUT2D eigenvalue weighted by atomic mass is 9.62. The zero-order valence-electron chi connectivity index (χ0n) is 12.3. The summed E-state index contributed by atoms with van der Waals surface area (Å²) in [4.78, 5) is 24.2. The van der Waals surface area contributed by atoms with Crippen LogP contribution in [0.25, 0.3) is 0 Å². The van der Waals surface area contributed by atoms with E-state index in [-0.39, 0.29) is 24.5 Å². The zero-order valence-corrected chi connectivity index (χ0v) is 12.3. The number of carbonyl (C=O) groups excluding carboxylic acids is 1. The Morgan fingerprint density at radius 3 is 2.55 bits per heavy atom. The van der Waals surface area contributed by atoms with Crippen LogP contribution in [0.1, 0.15) is 52.4 Å². The van der Waals surface area contributed by atoms with Gasteiger partial charge in [-0.15, -0.1) is 0 Å². The molecule has 0 amide bonds. The molecule has 0 radical (unpaired) electrons. The Labute approximate surface area is 119 Å². The molecule has 5 nitrogen and oxygen atoms in total. The van der Waals surface area contributed by atoms with E-state index in [0.29, 0.717) is 19.4 Å². The lowest BCUT2D eigenvalue weighted by molar-refractivity contribution is -0.191. The summed E-state index contributed by atoms with van der Waals surface area (Å²) in [6.07, 6.45) is 4.62. The smallest absolute Gasteiger partial charge is 0.323 e. The van der Waals surface area contributed by atoms with Gasteiger partial charge in [0.15, 0.2) is 5.41 Å². The Bertz CT molecular complexity index is 388. The van der Waals surface area contributed by atoms with Crippen molar-refractivity contribution >= 4 is 11.9 Å². The van der Waals surface area contributed by atoms with Crippen molar-refractivity contribution in [3.63, 3.8) is 0 Å². The lowest BCUT2D eigenvalue weighted by Gasteiger charge is -2.50. The monoisotopic (exact) mass is 284 g/mol. The first-order valence-corrected chi connectivity index (χ1v) is 7.55. The average Bonchev–Trinajstić information content (AvgIpc) is 2.39. The van der Waals surface area contributed by atoms with Crippen LogP contribution in [0.15, 0.2) is 0 Å². The van der Waals surface area contributed by atoms with Gasteiger partial charge in [-0.05, 0) is 51.4 Å². The number of ether oxygens (including phenoxy) is 2. The molecule has 1 aliphatic carbocycles. The molecule has 1 spiro atoms. The summed E-state index contributed by atoms with van der Waals surface area (Å²) in [5, 5.41) is 9.69. The van der Waals surface area contributed by atoms with Gasteiger partial charge in [0.1, 0.15) is 0 Å². The second-order valence-corrected chi connectivity index (χ2v) is 5.93. The van der Waals surface area contributed by atoms with Crippen molar-refractivity contribution in [3.8, 4) is 0 Å². The molecule has 1 saturated carbocycles. The Kier molecular flexibility index (Phi) is 4.37. The van der Waals surface area contributed by atoms with E-state index < -0.39 is 17.4 Å². The van der Waals surface area contributed by atoms with E-state index in [1.165, 1.54) is 0 Å². The highest BCUT2D eigenvalue weighted by Crippen LogP contribution is 2.50. The summed E-state index contributed by atoms with van der Waals surface area (Å²) in [5.41, 5.74) is -1.59. The molecule has 1 N–H and O–H groups in total. The summed E-state index contributed by atoms with van der Waals surface area (Å²) >= 11 is 0. The highest BCUT2D eigenvalue weighted by Gasteiger charge is 2.56. The van der Waals surface area contributed by atoms with Crippen molar-refractivity contribution in [2.24, 2.45) is 11.3 Å². The number of carboxylic acids is 1. The van der Waals surface area contributed by atoms with Crippen molar-refractivity contribution in [1.82, 2.24) is 0 Å². The van der Waals surface area contributed by atoms with Crippen LogP contribution in [-0.4, -0.2) is 35.9 Å². The third-order valence-electron chi connectivity index (χ3n) is 5.03. The minimum absolute atomic E-state index is 0.175. The van der Waals surface area contributed by atoms with Gasteiger partial charge in [0.2, 0.25) is 0 Å². The van der Waals surface area contributed by atoms with Crippen molar-refractivity contribution in [2.75, 3.05) is 13.2 Å². The Morgan fingerprint density at radius 1 is 1.40 bits per heavy atom. The van der Waals surface area contributed by atoms with Crippen LogP contribution in [0.5, 0.6) is 0 Å². The number of carboxylic acid groups (broad SMARTS) is 1. The van der Waals surface area contributed by atoms with Crippen molar-refractivity contribution in [2.45, 2.75) is 58.0 Å². The molecule has 1 aliphatic heterocycles. The fourth-order valence-corrected chi connectivity index (χ4v) is 3.64. The Balaban J connectivity index is 2.25. The molecule has 0 aromatic carbocycles. The van der Waals surface area contributed by atoms with Gasteiger partial charge in [0.05, 0.1) is 12.2 Å². The molecule has 0 aromatic heterocycles. The lowest BCUT2D eigenvalue weighted by Crippen LogP contribution is -2.54. The third-order valence-corrected chi connectivity index (χ3v) is 5.03. The van der Waals surface area contributed by atoms with E-state index in [4.69, 9.17) is 9.47 Å². The van der Waals surface area contributed by atoms with Gasteiger partial charge in [-0.3, -0.25) is 9.59 Å². The molecule has 2 unspecified atom stereocenters. The van der Waals surface area contributed by atoms with E-state index in [1.807, 2.05) is 0 Å². The van der Waals surface area contributed by atoms with E-state index in [1.54, 1.807) is 13.8 Å². The number of aliphatic carboxylic acids is 1. The molecule has 20 heavy (non-hydrogen) atoms. The van der Waals surface area contributed by atoms with E-state index in [2.05, 4.69) is 0 Å². The number of carbonyl (C=O) groups is 2. The van der Waals surface area contributed by atoms with Crippen LogP contribution in [0.4, 0.5) is 0 Å². The minimum Gasteiger partial charge on any atom is -0.480 e. The second-order valence-electron chi connectivity index (χ2n) is 5.93. The largest absolute Gasteiger partial charge is 0.480 e. The minimum atomic E-state index is -1.41. The normalized spacial score (nSPS) is 27.4. The summed E-state index contributed by atoms with van der Waals surface area (Å²) in [7, 11) is 0. The van der Waals surface area contributed by atoms with Gasteiger partial charge in [0, 0.05) is 6.61 Å². The molecular weight excluding hydrogens is 260 g/mol. The van der Waals surface area contributed by atoms with E-state index >= 15 is 0 Å². The van der Waals surface area contributed by atoms with E-state index in [0.717, 1.165) is 19.3 Å². The molecule has 0 aromatic rings. The van der Waals surface area contributed by atoms with Crippen molar-refractivity contribution in [3.05, 3.63) is 0 Å². The summed E-state index contributed by atoms with van der Waals surface area (Å²) in [6.45, 7) is 4.22. The molecule has 2 atom stereocenters. The maximum atomic E-state index is 12.3. The Hall–Kier alpha value is -1.10. The maximum Gasteiger partial charge on any atom is 0.323 e. The number of rotatable bonds is 5. The number of hydrogen-bond donors (Lipinski definition) is 1. The molecule has 2 aliphatic rings. The highest BCUT2D eigenvalue weighted by molar-refractivity contribution is 5.99. The van der Waals surface area contributed by atoms with Crippen LogP contribution >= 0.6 is 0 Å². The highest BCUT2D eigenvalue weighted by atomic mass is 16.5. The van der Waals surface area contributed by atoms with Gasteiger partial charge < -0.3 is 14.6 Å². The first kappa shape index (κ1) is 15.3. The van der Waals surface area contributed by atoms with Crippen LogP contribution < -0.4 is 0 Å². The summed E-state index contributed by atoms with van der Waals surface area (Å²) in [5.74, 6) is -1.84. The molecule has 0 bridgehead atoms. The standard InChI is InChI=1S/C15H24O5/c1-3-15(12(16)17,13(18)19-4-2)11-6-9-20-14(10-11)7-5-8-14/h11H,3-10H2,1-2H3,(H,16,17). The van der Waals surface area contributed by atoms with Gasteiger partial charge in [0.25, 0.3) is 0 Å². The van der Waals surface area contributed by atoms with Crippen LogP contribution in [0.3, 0.4) is 0 Å². The van der Waals surface area contributed by atoms with Crippen LogP contribution in [0.2, 0.25) is 0 Å². The second kappa shape index (κ2) is 5.72. The quantitative estimate of drug-likeness (QED) is 0.620. The molecule has 5 heteroatoms. The SMILES string of the molecule is CCOC(=O)C(CC)(C(=O)O)C1CCOC2(CCC2)C1. The number of esters is 1. The molecule has 1 heterocycles. The van der Waals surface area contributed by atoms with Gasteiger partial charge in [-0.1, -0.05) is 6.92 Å². The molecular formula is C15H24O5.